The molecular formula is C28H31N3O2S. The van der Waals surface area contributed by atoms with E-state index in [4.69, 9.17) is 4.98 Å². The van der Waals surface area contributed by atoms with Crippen LogP contribution in [0, 0.1) is 30.1 Å². The quantitative estimate of drug-likeness (QED) is 0.478. The fourth-order valence-corrected chi connectivity index (χ4v) is 8.08. The molecule has 4 fully saturated rings. The maximum Gasteiger partial charge on any atom is 0.235 e. The predicted molar refractivity (Wildman–Crippen MR) is 136 cm³/mol. The number of aromatic nitrogens is 1. The molecule has 1 N–H and O–H groups in total. The Kier molecular flexibility index (Phi) is 5.44. The molecule has 34 heavy (non-hydrogen) atoms. The molecule has 176 valence electrons. The first kappa shape index (κ1) is 21.8. The van der Waals surface area contributed by atoms with E-state index in [1.165, 1.54) is 30.6 Å². The maximum atomic E-state index is 13.5. The minimum atomic E-state index is -0.180. The van der Waals surface area contributed by atoms with Crippen LogP contribution in [0.25, 0.3) is 10.2 Å². The van der Waals surface area contributed by atoms with Gasteiger partial charge < -0.3 is 5.32 Å². The number of thiazole rings is 1. The predicted octanol–water partition coefficient (Wildman–Crippen LogP) is 5.99. The van der Waals surface area contributed by atoms with Gasteiger partial charge in [0.15, 0.2) is 5.13 Å². The van der Waals surface area contributed by atoms with Gasteiger partial charge in [0.05, 0.1) is 15.9 Å². The molecule has 7 rings (SSSR count). The van der Waals surface area contributed by atoms with Crippen LogP contribution in [0.4, 0.5) is 10.8 Å². The van der Waals surface area contributed by atoms with Crippen LogP contribution in [-0.4, -0.2) is 23.3 Å². The molecule has 4 bridgehead atoms. The van der Waals surface area contributed by atoms with Crippen LogP contribution in [0.1, 0.15) is 50.5 Å². The molecule has 6 heteroatoms. The summed E-state index contributed by atoms with van der Waals surface area (Å²) in [7, 11) is 0. The molecule has 0 radical (unpaired) electrons. The number of hydrogen-bond acceptors (Lipinski definition) is 4. The van der Waals surface area contributed by atoms with E-state index < -0.39 is 0 Å². The van der Waals surface area contributed by atoms with Crippen molar-refractivity contribution < 1.29 is 9.59 Å². The fraction of sp³-hybridized carbons (Fsp3) is 0.464. The molecule has 0 atom stereocenters. The van der Waals surface area contributed by atoms with Crippen LogP contribution in [0.2, 0.25) is 0 Å². The number of anilines is 2. The highest BCUT2D eigenvalue weighted by Crippen LogP contribution is 2.60. The smallest absolute Gasteiger partial charge is 0.235 e. The molecule has 0 spiro atoms. The van der Waals surface area contributed by atoms with Gasteiger partial charge in [-0.25, -0.2) is 4.98 Å². The summed E-state index contributed by atoms with van der Waals surface area (Å²) in [5.41, 5.74) is 2.58. The van der Waals surface area contributed by atoms with Gasteiger partial charge in [-0.15, -0.1) is 0 Å². The largest absolute Gasteiger partial charge is 0.355 e. The van der Waals surface area contributed by atoms with Crippen molar-refractivity contribution in [2.45, 2.75) is 51.9 Å². The van der Waals surface area contributed by atoms with Gasteiger partial charge in [-0.2, -0.15) is 0 Å². The number of para-hydroxylation sites is 2. The number of rotatable bonds is 6. The molecular weight excluding hydrogens is 442 g/mol. The minimum absolute atomic E-state index is 0.0424. The van der Waals surface area contributed by atoms with E-state index in [9.17, 15) is 9.59 Å². The van der Waals surface area contributed by atoms with E-state index in [0.717, 1.165) is 58.5 Å². The van der Waals surface area contributed by atoms with Crippen molar-refractivity contribution in [1.29, 1.82) is 0 Å². The van der Waals surface area contributed by atoms with Crippen molar-refractivity contribution in [3.05, 3.63) is 54.1 Å². The highest BCUT2D eigenvalue weighted by atomic mass is 32.1. The summed E-state index contributed by atoms with van der Waals surface area (Å²) < 4.78 is 1.05. The average Bonchev–Trinajstić information content (AvgIpc) is 3.23. The zero-order chi connectivity index (χ0) is 23.3. The normalized spacial score (nSPS) is 27.1. The topological polar surface area (TPSA) is 62.3 Å². The second kappa shape index (κ2) is 8.49. The number of amides is 2. The lowest BCUT2D eigenvalue weighted by Gasteiger charge is -2.55. The number of hydrogen-bond donors (Lipinski definition) is 1. The molecule has 5 nitrogen and oxygen atoms in total. The Balaban J connectivity index is 1.19. The van der Waals surface area contributed by atoms with Crippen molar-refractivity contribution in [2.75, 3.05) is 11.4 Å². The molecule has 0 aliphatic heterocycles. The number of aryl methyl sites for hydroxylation is 1. The second-order valence-electron chi connectivity index (χ2n) is 10.7. The molecule has 2 amide bonds. The van der Waals surface area contributed by atoms with E-state index in [2.05, 4.69) is 5.32 Å². The monoisotopic (exact) mass is 473 g/mol. The fourth-order valence-electron chi connectivity index (χ4n) is 7.09. The molecule has 4 aliphatic rings. The van der Waals surface area contributed by atoms with Crippen LogP contribution in [0.5, 0.6) is 0 Å². The zero-order valence-corrected chi connectivity index (χ0v) is 20.4. The Morgan fingerprint density at radius 3 is 2.32 bits per heavy atom. The van der Waals surface area contributed by atoms with Crippen LogP contribution < -0.4 is 10.2 Å². The van der Waals surface area contributed by atoms with E-state index in [1.54, 1.807) is 4.90 Å². The van der Waals surface area contributed by atoms with Crippen LogP contribution in [0.15, 0.2) is 48.5 Å². The van der Waals surface area contributed by atoms with Gasteiger partial charge in [0.1, 0.15) is 0 Å². The highest BCUT2D eigenvalue weighted by molar-refractivity contribution is 7.22. The van der Waals surface area contributed by atoms with E-state index in [1.807, 2.05) is 55.5 Å². The van der Waals surface area contributed by atoms with E-state index in [-0.39, 0.29) is 23.7 Å². The molecule has 3 aromatic rings. The first-order valence-corrected chi connectivity index (χ1v) is 13.3. The molecule has 1 aromatic heterocycles. The van der Waals surface area contributed by atoms with Gasteiger partial charge in [0.25, 0.3) is 0 Å². The van der Waals surface area contributed by atoms with Crippen molar-refractivity contribution in [1.82, 2.24) is 10.3 Å². The zero-order valence-electron chi connectivity index (χ0n) is 19.6. The standard InChI is InChI=1S/C28H31N3O2S/c1-18-6-2-4-8-23(18)31(27-30-22-7-3-5-9-24(22)34-27)25(32)10-11-29-26(33)28-15-19-12-20(16-28)14-21(13-19)17-28/h2-9,19-21H,10-17H2,1H3,(H,29,33). The molecule has 0 unspecified atom stereocenters. The Morgan fingerprint density at radius 1 is 1.00 bits per heavy atom. The Hall–Kier alpha value is -2.73. The maximum absolute atomic E-state index is 13.5. The van der Waals surface area contributed by atoms with Crippen LogP contribution in [-0.2, 0) is 9.59 Å². The summed E-state index contributed by atoms with van der Waals surface area (Å²) >= 11 is 1.52. The molecule has 4 saturated carbocycles. The number of nitrogens with zero attached hydrogens (tertiary/aromatic N) is 2. The third kappa shape index (κ3) is 3.82. The Morgan fingerprint density at radius 2 is 1.65 bits per heavy atom. The summed E-state index contributed by atoms with van der Waals surface area (Å²) in [5, 5.41) is 3.84. The van der Waals surface area contributed by atoms with E-state index in [0.29, 0.717) is 11.7 Å². The lowest BCUT2D eigenvalue weighted by Crippen LogP contribution is -2.53. The average molecular weight is 474 g/mol. The molecule has 0 saturated heterocycles. The van der Waals surface area contributed by atoms with Gasteiger partial charge in [-0.3, -0.25) is 14.5 Å². The van der Waals surface area contributed by atoms with Gasteiger partial charge in [-0.05, 0) is 87.0 Å². The van der Waals surface area contributed by atoms with Crippen LogP contribution in [0.3, 0.4) is 0 Å². The van der Waals surface area contributed by atoms with Crippen molar-refractivity contribution >= 4 is 44.2 Å². The van der Waals surface area contributed by atoms with Gasteiger partial charge in [-0.1, -0.05) is 41.7 Å². The number of carbonyl (C=O) groups is 2. The third-order valence-corrected chi connectivity index (χ3v) is 9.25. The summed E-state index contributed by atoms with van der Waals surface area (Å²) in [6.45, 7) is 2.38. The van der Waals surface area contributed by atoms with Crippen molar-refractivity contribution in [3.8, 4) is 0 Å². The summed E-state index contributed by atoms with van der Waals surface area (Å²) in [4.78, 5) is 33.3. The van der Waals surface area contributed by atoms with Crippen LogP contribution >= 0.6 is 11.3 Å². The molecule has 2 aromatic carbocycles. The minimum Gasteiger partial charge on any atom is -0.355 e. The molecule has 1 heterocycles. The number of carbonyl (C=O) groups excluding carboxylic acids is 2. The number of benzene rings is 2. The van der Waals surface area contributed by atoms with Gasteiger partial charge in [0, 0.05) is 18.4 Å². The highest BCUT2D eigenvalue weighted by Gasteiger charge is 2.54. The van der Waals surface area contributed by atoms with Gasteiger partial charge >= 0.3 is 0 Å². The lowest BCUT2D eigenvalue weighted by atomic mass is 9.49. The van der Waals surface area contributed by atoms with Crippen molar-refractivity contribution in [2.24, 2.45) is 23.2 Å². The summed E-state index contributed by atoms with van der Waals surface area (Å²) in [6, 6.07) is 15.9. The SMILES string of the molecule is Cc1ccccc1N(C(=O)CCNC(=O)C12CC3CC(CC(C3)C1)C2)c1nc2ccccc2s1. The third-order valence-electron chi connectivity index (χ3n) is 8.22. The number of fused-ring (bicyclic) bond motifs is 1. The Bertz CT molecular complexity index is 1180. The second-order valence-corrected chi connectivity index (χ2v) is 11.7. The first-order valence-electron chi connectivity index (χ1n) is 12.5. The van der Waals surface area contributed by atoms with E-state index >= 15 is 0 Å². The van der Waals surface area contributed by atoms with Crippen molar-refractivity contribution in [3.63, 3.8) is 0 Å². The lowest BCUT2D eigenvalue weighted by molar-refractivity contribution is -0.146. The van der Waals surface area contributed by atoms with Gasteiger partial charge in [0.2, 0.25) is 11.8 Å². The first-order chi connectivity index (χ1) is 16.5. The summed E-state index contributed by atoms with van der Waals surface area (Å²) in [6.07, 6.45) is 7.33. The molecule has 4 aliphatic carbocycles. The Labute approximate surface area is 204 Å². The number of nitrogens with one attached hydrogen (secondary N) is 1. The summed E-state index contributed by atoms with van der Waals surface area (Å²) in [5.74, 6) is 2.33.